The summed E-state index contributed by atoms with van der Waals surface area (Å²) >= 11 is 1.01. The maximum atomic E-state index is 12.9. The number of anilines is 1. The Morgan fingerprint density at radius 1 is 1.27 bits per heavy atom. The Labute approximate surface area is 176 Å². The van der Waals surface area contributed by atoms with E-state index in [1.807, 2.05) is 0 Å². The van der Waals surface area contributed by atoms with Crippen molar-refractivity contribution in [3.63, 3.8) is 0 Å². The first-order chi connectivity index (χ1) is 14.3. The third-order valence-corrected chi connectivity index (χ3v) is 5.96. The van der Waals surface area contributed by atoms with Gasteiger partial charge in [-0.1, -0.05) is 6.07 Å². The Bertz CT molecular complexity index is 1010. The molecule has 1 N–H and O–H groups in total. The fourth-order valence-electron chi connectivity index (χ4n) is 3.25. The molecule has 1 saturated heterocycles. The molecule has 0 atom stereocenters. The molecule has 2 heterocycles. The van der Waals surface area contributed by atoms with Crippen LogP contribution < -0.4 is 5.32 Å². The summed E-state index contributed by atoms with van der Waals surface area (Å²) < 4.78 is 5.11. The lowest BCUT2D eigenvalue weighted by molar-refractivity contribution is -0.384. The van der Waals surface area contributed by atoms with Gasteiger partial charge < -0.3 is 15.0 Å². The van der Waals surface area contributed by atoms with Crippen molar-refractivity contribution >= 4 is 39.8 Å². The predicted octanol–water partition coefficient (Wildman–Crippen LogP) is 3.63. The van der Waals surface area contributed by atoms with Gasteiger partial charge in [-0.3, -0.25) is 19.7 Å². The van der Waals surface area contributed by atoms with Crippen LogP contribution in [-0.4, -0.2) is 47.3 Å². The lowest BCUT2D eigenvalue weighted by Gasteiger charge is -2.14. The number of hydrogen-bond acceptors (Lipinski definition) is 7. The number of ether oxygens (including phenoxy) is 1. The van der Waals surface area contributed by atoms with E-state index in [2.05, 4.69) is 5.32 Å². The van der Waals surface area contributed by atoms with Crippen LogP contribution >= 0.6 is 11.3 Å². The summed E-state index contributed by atoms with van der Waals surface area (Å²) in [6.07, 6.45) is 1.86. The molecule has 1 fully saturated rings. The van der Waals surface area contributed by atoms with E-state index in [9.17, 15) is 24.5 Å². The number of carbonyl (C=O) groups is 3. The Morgan fingerprint density at radius 2 is 1.97 bits per heavy atom. The van der Waals surface area contributed by atoms with E-state index in [4.69, 9.17) is 4.74 Å². The second-order valence-electron chi connectivity index (χ2n) is 6.74. The van der Waals surface area contributed by atoms with Crippen molar-refractivity contribution in [3.8, 4) is 0 Å². The second kappa shape index (κ2) is 9.04. The van der Waals surface area contributed by atoms with Crippen LogP contribution in [0.3, 0.4) is 0 Å². The van der Waals surface area contributed by atoms with Crippen molar-refractivity contribution < 1.29 is 24.0 Å². The maximum absolute atomic E-state index is 12.9. The number of nitrogens with one attached hydrogen (secondary N) is 1. The molecule has 1 aliphatic rings. The number of likely N-dealkylation sites (tertiary alicyclic amines) is 1. The minimum absolute atomic E-state index is 0.0671. The summed E-state index contributed by atoms with van der Waals surface area (Å²) in [6, 6.07) is 5.27. The Hall–Kier alpha value is -3.27. The number of nitro groups is 1. The summed E-state index contributed by atoms with van der Waals surface area (Å²) in [5.74, 6) is -1.44. The van der Waals surface area contributed by atoms with Crippen molar-refractivity contribution in [1.29, 1.82) is 0 Å². The van der Waals surface area contributed by atoms with Crippen molar-refractivity contribution in [3.05, 3.63) is 55.9 Å². The molecule has 9 nitrogen and oxygen atoms in total. The molecule has 0 unspecified atom stereocenters. The van der Waals surface area contributed by atoms with Gasteiger partial charge in [0, 0.05) is 30.8 Å². The number of esters is 1. The number of nitrogens with zero attached hydrogens (tertiary/aromatic N) is 2. The molecule has 1 aromatic carbocycles. The van der Waals surface area contributed by atoms with Crippen molar-refractivity contribution in [2.24, 2.45) is 0 Å². The number of carbonyl (C=O) groups excluding carboxylic acids is 3. The third kappa shape index (κ3) is 4.33. The Kier molecular flexibility index (Phi) is 6.46. The molecule has 10 heteroatoms. The SMILES string of the molecule is CCOC(=O)c1c(NC(=O)c2cccc([N+](=O)[O-])c2)sc(C(=O)N2CCCC2)c1C. The smallest absolute Gasteiger partial charge is 0.341 e. The number of nitro benzene ring substituents is 1. The van der Waals surface area contributed by atoms with E-state index in [1.165, 1.54) is 18.2 Å². The van der Waals surface area contributed by atoms with Crippen LogP contribution in [0.15, 0.2) is 24.3 Å². The van der Waals surface area contributed by atoms with E-state index in [0.717, 1.165) is 30.2 Å². The topological polar surface area (TPSA) is 119 Å². The predicted molar refractivity (Wildman–Crippen MR) is 111 cm³/mol. The molecule has 2 amide bonds. The summed E-state index contributed by atoms with van der Waals surface area (Å²) in [5.41, 5.74) is 0.422. The van der Waals surface area contributed by atoms with Crippen LogP contribution in [0, 0.1) is 17.0 Å². The van der Waals surface area contributed by atoms with Gasteiger partial charge in [-0.15, -0.1) is 11.3 Å². The van der Waals surface area contributed by atoms with Gasteiger partial charge in [-0.2, -0.15) is 0 Å². The normalized spacial score (nSPS) is 13.2. The number of amides is 2. The van der Waals surface area contributed by atoms with Crippen LogP contribution in [0.1, 0.15) is 55.7 Å². The van der Waals surface area contributed by atoms with Crippen molar-refractivity contribution in [2.75, 3.05) is 25.0 Å². The quantitative estimate of drug-likeness (QED) is 0.424. The summed E-state index contributed by atoms with van der Waals surface area (Å²) in [7, 11) is 0. The molecule has 2 aromatic rings. The molecule has 0 bridgehead atoms. The van der Waals surface area contributed by atoms with Gasteiger partial charge in [0.05, 0.1) is 22.0 Å². The zero-order valence-corrected chi connectivity index (χ0v) is 17.4. The average Bonchev–Trinajstić information content (AvgIpc) is 3.36. The first kappa shape index (κ1) is 21.4. The van der Waals surface area contributed by atoms with Crippen LogP contribution in [-0.2, 0) is 4.74 Å². The van der Waals surface area contributed by atoms with E-state index >= 15 is 0 Å². The van der Waals surface area contributed by atoms with Gasteiger partial charge in [-0.25, -0.2) is 4.79 Å². The molecule has 0 spiro atoms. The molecule has 0 saturated carbocycles. The number of non-ortho nitro benzene ring substituents is 1. The highest BCUT2D eigenvalue weighted by molar-refractivity contribution is 7.18. The zero-order valence-electron chi connectivity index (χ0n) is 16.6. The van der Waals surface area contributed by atoms with Crippen molar-refractivity contribution in [1.82, 2.24) is 4.90 Å². The lowest BCUT2D eigenvalue weighted by atomic mass is 10.1. The average molecular weight is 431 g/mol. The molecular formula is C20H21N3O6S. The minimum atomic E-state index is -0.638. The highest BCUT2D eigenvalue weighted by Gasteiger charge is 2.30. The highest BCUT2D eigenvalue weighted by Crippen LogP contribution is 2.35. The summed E-state index contributed by atoms with van der Waals surface area (Å²) in [6.45, 7) is 4.76. The first-order valence-electron chi connectivity index (χ1n) is 9.49. The van der Waals surface area contributed by atoms with Crippen LogP contribution in [0.2, 0.25) is 0 Å². The molecular weight excluding hydrogens is 410 g/mol. The van der Waals surface area contributed by atoms with Gasteiger partial charge >= 0.3 is 5.97 Å². The molecule has 0 radical (unpaired) electrons. The van der Waals surface area contributed by atoms with E-state index in [-0.39, 0.29) is 34.3 Å². The summed E-state index contributed by atoms with van der Waals surface area (Å²) in [4.78, 5) is 50.6. The molecule has 30 heavy (non-hydrogen) atoms. The van der Waals surface area contributed by atoms with Gasteiger partial charge in [-0.05, 0) is 38.3 Å². The van der Waals surface area contributed by atoms with E-state index in [0.29, 0.717) is 23.5 Å². The highest BCUT2D eigenvalue weighted by atomic mass is 32.1. The van der Waals surface area contributed by atoms with Crippen molar-refractivity contribution in [2.45, 2.75) is 26.7 Å². The minimum Gasteiger partial charge on any atom is -0.462 e. The van der Waals surface area contributed by atoms with E-state index in [1.54, 1.807) is 18.7 Å². The third-order valence-electron chi connectivity index (χ3n) is 4.76. The molecule has 3 rings (SSSR count). The van der Waals surface area contributed by atoms with Crippen LogP contribution in [0.5, 0.6) is 0 Å². The van der Waals surface area contributed by atoms with Gasteiger partial charge in [0.2, 0.25) is 0 Å². The number of rotatable bonds is 6. The lowest BCUT2D eigenvalue weighted by Crippen LogP contribution is -2.27. The van der Waals surface area contributed by atoms with E-state index < -0.39 is 16.8 Å². The number of thiophene rings is 1. The molecule has 158 valence electrons. The standard InChI is InChI=1S/C20H21N3O6S/c1-3-29-20(26)15-12(2)16(19(25)22-9-4-5-10-22)30-18(15)21-17(24)13-7-6-8-14(11-13)23(27)28/h6-8,11H,3-5,9-10H2,1-2H3,(H,21,24). The van der Waals surface area contributed by atoms with Gasteiger partial charge in [0.15, 0.2) is 0 Å². The summed E-state index contributed by atoms with van der Waals surface area (Å²) in [5, 5.41) is 13.8. The first-order valence-corrected chi connectivity index (χ1v) is 10.3. The monoisotopic (exact) mass is 431 g/mol. The molecule has 1 aliphatic heterocycles. The fraction of sp³-hybridized carbons (Fsp3) is 0.350. The number of benzene rings is 1. The number of hydrogen-bond donors (Lipinski definition) is 1. The second-order valence-corrected chi connectivity index (χ2v) is 7.76. The van der Waals surface area contributed by atoms with Crippen LogP contribution in [0.4, 0.5) is 10.7 Å². The largest absolute Gasteiger partial charge is 0.462 e. The van der Waals surface area contributed by atoms with Gasteiger partial charge in [0.25, 0.3) is 17.5 Å². The van der Waals surface area contributed by atoms with Gasteiger partial charge in [0.1, 0.15) is 5.00 Å². The van der Waals surface area contributed by atoms with Crippen LogP contribution in [0.25, 0.3) is 0 Å². The maximum Gasteiger partial charge on any atom is 0.341 e. The molecule has 0 aliphatic carbocycles. The zero-order chi connectivity index (χ0) is 21.8. The fourth-order valence-corrected chi connectivity index (χ4v) is 4.41. The Balaban J connectivity index is 1.96. The Morgan fingerprint density at radius 3 is 2.60 bits per heavy atom. The molecule has 1 aromatic heterocycles.